The standard InChI is InChI=1S/C14H14F4N4O/c1-7(2)21-12-10(6-20-13(19)22-12)9-4-3-8(15)5-11(9)23-14(16,17)18/h3-7H,1-2H3,(H3,19,20,21,22). The average molecular weight is 330 g/mol. The molecule has 0 radical (unpaired) electrons. The van der Waals surface area contributed by atoms with Crippen LogP contribution in [0.2, 0.25) is 0 Å². The molecule has 0 saturated heterocycles. The summed E-state index contributed by atoms with van der Waals surface area (Å²) in [4.78, 5) is 7.75. The molecule has 0 unspecified atom stereocenters. The zero-order valence-corrected chi connectivity index (χ0v) is 12.3. The maximum Gasteiger partial charge on any atom is 0.573 e. The van der Waals surface area contributed by atoms with E-state index in [2.05, 4.69) is 20.0 Å². The monoisotopic (exact) mass is 330 g/mol. The number of nitrogen functional groups attached to an aromatic ring is 1. The summed E-state index contributed by atoms with van der Waals surface area (Å²) in [5.41, 5.74) is 5.72. The fourth-order valence-corrected chi connectivity index (χ4v) is 1.90. The highest BCUT2D eigenvalue weighted by atomic mass is 19.4. The first-order valence-corrected chi connectivity index (χ1v) is 6.60. The van der Waals surface area contributed by atoms with Gasteiger partial charge in [0.2, 0.25) is 5.95 Å². The van der Waals surface area contributed by atoms with Gasteiger partial charge in [-0.05, 0) is 26.0 Å². The van der Waals surface area contributed by atoms with Crippen molar-refractivity contribution in [3.05, 3.63) is 30.2 Å². The van der Waals surface area contributed by atoms with E-state index < -0.39 is 17.9 Å². The molecule has 0 fully saturated rings. The zero-order chi connectivity index (χ0) is 17.2. The highest BCUT2D eigenvalue weighted by molar-refractivity contribution is 5.79. The van der Waals surface area contributed by atoms with Crippen LogP contribution in [0, 0.1) is 5.82 Å². The van der Waals surface area contributed by atoms with Crippen LogP contribution in [-0.2, 0) is 0 Å². The van der Waals surface area contributed by atoms with Crippen LogP contribution in [0.15, 0.2) is 24.4 Å². The molecule has 2 aromatic rings. The van der Waals surface area contributed by atoms with Gasteiger partial charge in [-0.25, -0.2) is 9.37 Å². The number of rotatable bonds is 4. The van der Waals surface area contributed by atoms with Gasteiger partial charge in [-0.3, -0.25) is 0 Å². The lowest BCUT2D eigenvalue weighted by Crippen LogP contribution is -2.18. The number of benzene rings is 1. The highest BCUT2D eigenvalue weighted by Crippen LogP contribution is 2.37. The second kappa shape index (κ2) is 6.27. The molecule has 0 aliphatic carbocycles. The van der Waals surface area contributed by atoms with Crippen molar-refractivity contribution in [2.75, 3.05) is 11.1 Å². The Bertz CT molecular complexity index is 704. The summed E-state index contributed by atoms with van der Waals surface area (Å²) in [6, 6.07) is 2.78. The van der Waals surface area contributed by atoms with Gasteiger partial charge in [-0.1, -0.05) is 0 Å². The van der Waals surface area contributed by atoms with E-state index in [1.165, 1.54) is 6.20 Å². The van der Waals surface area contributed by atoms with Crippen LogP contribution >= 0.6 is 0 Å². The van der Waals surface area contributed by atoms with Crippen molar-refractivity contribution >= 4 is 11.8 Å². The zero-order valence-electron chi connectivity index (χ0n) is 12.3. The second-order valence-electron chi connectivity index (χ2n) is 4.98. The summed E-state index contributed by atoms with van der Waals surface area (Å²) in [6.45, 7) is 3.64. The van der Waals surface area contributed by atoms with Gasteiger partial charge < -0.3 is 15.8 Å². The summed E-state index contributed by atoms with van der Waals surface area (Å²) in [7, 11) is 0. The average Bonchev–Trinajstić information content (AvgIpc) is 2.37. The van der Waals surface area contributed by atoms with Gasteiger partial charge in [0.1, 0.15) is 17.4 Å². The molecule has 9 heteroatoms. The Morgan fingerprint density at radius 3 is 2.52 bits per heavy atom. The summed E-state index contributed by atoms with van der Waals surface area (Å²) >= 11 is 0. The first-order chi connectivity index (χ1) is 10.7. The Balaban J connectivity index is 2.57. The fourth-order valence-electron chi connectivity index (χ4n) is 1.90. The van der Waals surface area contributed by atoms with E-state index in [-0.39, 0.29) is 28.9 Å². The predicted molar refractivity (Wildman–Crippen MR) is 77.3 cm³/mol. The number of aromatic nitrogens is 2. The van der Waals surface area contributed by atoms with Gasteiger partial charge in [0.25, 0.3) is 0 Å². The number of halogens is 4. The number of ether oxygens (including phenoxy) is 1. The lowest BCUT2D eigenvalue weighted by Gasteiger charge is -2.17. The van der Waals surface area contributed by atoms with E-state index in [0.717, 1.165) is 12.1 Å². The van der Waals surface area contributed by atoms with Gasteiger partial charge in [0.15, 0.2) is 0 Å². The fraction of sp³-hybridized carbons (Fsp3) is 0.286. The Hall–Kier alpha value is -2.58. The minimum Gasteiger partial charge on any atom is -0.405 e. The molecule has 0 bridgehead atoms. The van der Waals surface area contributed by atoms with Gasteiger partial charge in [0, 0.05) is 29.4 Å². The molecule has 0 saturated carbocycles. The third-order valence-corrected chi connectivity index (χ3v) is 2.69. The van der Waals surface area contributed by atoms with Gasteiger partial charge in [0.05, 0.1) is 0 Å². The van der Waals surface area contributed by atoms with E-state index in [0.29, 0.717) is 6.07 Å². The van der Waals surface area contributed by atoms with Crippen LogP contribution in [0.4, 0.5) is 29.3 Å². The van der Waals surface area contributed by atoms with Crippen molar-refractivity contribution in [2.24, 2.45) is 0 Å². The summed E-state index contributed by atoms with van der Waals surface area (Å²) in [5.74, 6) is -1.36. The smallest absolute Gasteiger partial charge is 0.405 e. The lowest BCUT2D eigenvalue weighted by atomic mass is 10.1. The molecule has 0 aliphatic rings. The van der Waals surface area contributed by atoms with Gasteiger partial charge >= 0.3 is 6.36 Å². The topological polar surface area (TPSA) is 73.1 Å². The first-order valence-electron chi connectivity index (χ1n) is 6.60. The van der Waals surface area contributed by atoms with E-state index >= 15 is 0 Å². The molecule has 1 aromatic heterocycles. The number of alkyl halides is 3. The van der Waals surface area contributed by atoms with Crippen LogP contribution in [0.3, 0.4) is 0 Å². The molecule has 0 aliphatic heterocycles. The van der Waals surface area contributed by atoms with E-state index in [4.69, 9.17) is 5.73 Å². The molecule has 1 aromatic carbocycles. The van der Waals surface area contributed by atoms with E-state index in [1.54, 1.807) is 0 Å². The molecule has 23 heavy (non-hydrogen) atoms. The number of anilines is 2. The van der Waals surface area contributed by atoms with Crippen LogP contribution in [0.25, 0.3) is 11.1 Å². The second-order valence-corrected chi connectivity index (χ2v) is 4.98. The largest absolute Gasteiger partial charge is 0.573 e. The Labute approximate surface area is 129 Å². The van der Waals surface area contributed by atoms with Crippen molar-refractivity contribution in [3.63, 3.8) is 0 Å². The molecule has 124 valence electrons. The minimum atomic E-state index is -4.96. The third-order valence-electron chi connectivity index (χ3n) is 2.69. The van der Waals surface area contributed by atoms with Crippen molar-refractivity contribution in [1.82, 2.24) is 9.97 Å². The third kappa shape index (κ3) is 4.44. The van der Waals surface area contributed by atoms with Crippen LogP contribution in [-0.4, -0.2) is 22.4 Å². The number of nitrogens with two attached hydrogens (primary N) is 1. The molecule has 0 amide bonds. The van der Waals surface area contributed by atoms with Crippen molar-refractivity contribution in [3.8, 4) is 16.9 Å². The minimum absolute atomic E-state index is 0.00752. The molecule has 2 rings (SSSR count). The first kappa shape index (κ1) is 16.8. The number of nitrogens with one attached hydrogen (secondary N) is 1. The Morgan fingerprint density at radius 2 is 1.91 bits per heavy atom. The highest BCUT2D eigenvalue weighted by Gasteiger charge is 2.33. The number of hydrogen-bond acceptors (Lipinski definition) is 5. The van der Waals surface area contributed by atoms with Crippen LogP contribution < -0.4 is 15.8 Å². The van der Waals surface area contributed by atoms with E-state index in [9.17, 15) is 17.6 Å². The molecular weight excluding hydrogens is 316 g/mol. The van der Waals surface area contributed by atoms with Crippen LogP contribution in [0.5, 0.6) is 5.75 Å². The predicted octanol–water partition coefficient (Wildman–Crippen LogP) is 3.58. The molecular formula is C14H14F4N4O. The maximum absolute atomic E-state index is 13.3. The van der Waals surface area contributed by atoms with Crippen molar-refractivity contribution in [2.45, 2.75) is 26.3 Å². The summed E-state index contributed by atoms with van der Waals surface area (Å²) in [5, 5.41) is 2.96. The summed E-state index contributed by atoms with van der Waals surface area (Å²) < 4.78 is 54.8. The van der Waals surface area contributed by atoms with Gasteiger partial charge in [-0.15, -0.1) is 13.2 Å². The van der Waals surface area contributed by atoms with Crippen LogP contribution in [0.1, 0.15) is 13.8 Å². The lowest BCUT2D eigenvalue weighted by molar-refractivity contribution is -0.274. The molecule has 1 heterocycles. The molecule has 5 nitrogen and oxygen atoms in total. The molecule has 3 N–H and O–H groups in total. The normalized spacial score (nSPS) is 11.6. The molecule has 0 atom stereocenters. The number of nitrogens with zero attached hydrogens (tertiary/aromatic N) is 2. The summed E-state index contributed by atoms with van der Waals surface area (Å²) in [6.07, 6.45) is -3.70. The number of hydrogen-bond donors (Lipinski definition) is 2. The van der Waals surface area contributed by atoms with Crippen molar-refractivity contribution in [1.29, 1.82) is 0 Å². The van der Waals surface area contributed by atoms with Gasteiger partial charge in [-0.2, -0.15) is 4.98 Å². The Morgan fingerprint density at radius 1 is 1.22 bits per heavy atom. The molecule has 0 spiro atoms. The van der Waals surface area contributed by atoms with E-state index in [1.807, 2.05) is 13.8 Å². The quantitative estimate of drug-likeness (QED) is 0.838. The maximum atomic E-state index is 13.3. The SMILES string of the molecule is CC(C)Nc1nc(N)ncc1-c1ccc(F)cc1OC(F)(F)F. The Kier molecular flexibility index (Phi) is 4.57. The van der Waals surface area contributed by atoms with Crippen molar-refractivity contribution < 1.29 is 22.3 Å².